The van der Waals surface area contributed by atoms with Gasteiger partial charge in [-0.1, -0.05) is 0 Å². The summed E-state index contributed by atoms with van der Waals surface area (Å²) in [4.78, 5) is 24.9. The average molecular weight is 304 g/mol. The first-order valence-electron chi connectivity index (χ1n) is 8.06. The van der Waals surface area contributed by atoms with Crippen LogP contribution in [-0.4, -0.2) is 55.3 Å². The highest BCUT2D eigenvalue weighted by atomic mass is 16.2. The molecule has 1 atom stereocenters. The molecule has 1 aromatic heterocycles. The molecule has 0 radical (unpaired) electrons. The smallest absolute Gasteiger partial charge is 0.314 e. The number of hydrogen-bond acceptors (Lipinski definition) is 5. The molecule has 2 aliphatic rings. The summed E-state index contributed by atoms with van der Waals surface area (Å²) in [6.45, 7) is 3.93. The van der Waals surface area contributed by atoms with Gasteiger partial charge >= 0.3 is 6.03 Å². The van der Waals surface area contributed by atoms with Gasteiger partial charge in [0.15, 0.2) is 0 Å². The van der Waals surface area contributed by atoms with Gasteiger partial charge in [-0.2, -0.15) is 0 Å². The highest BCUT2D eigenvalue weighted by Crippen LogP contribution is 2.23. The zero-order chi connectivity index (χ0) is 15.4. The fourth-order valence-electron chi connectivity index (χ4n) is 3.19. The van der Waals surface area contributed by atoms with E-state index in [9.17, 15) is 4.79 Å². The van der Waals surface area contributed by atoms with Crippen LogP contribution in [0.1, 0.15) is 25.7 Å². The van der Waals surface area contributed by atoms with E-state index in [0.29, 0.717) is 0 Å². The van der Waals surface area contributed by atoms with Crippen LogP contribution < -0.4 is 20.4 Å². The van der Waals surface area contributed by atoms with Crippen LogP contribution in [0.5, 0.6) is 0 Å². The lowest BCUT2D eigenvalue weighted by Gasteiger charge is -2.34. The summed E-state index contributed by atoms with van der Waals surface area (Å²) in [6, 6.07) is 2.12. The van der Waals surface area contributed by atoms with E-state index in [-0.39, 0.29) is 12.1 Å². The molecular weight excluding hydrogens is 280 g/mol. The Kier molecular flexibility index (Phi) is 4.60. The number of nitrogens with one attached hydrogen (secondary N) is 2. The third-order valence-corrected chi connectivity index (χ3v) is 4.38. The number of amides is 2. The van der Waals surface area contributed by atoms with E-state index < -0.39 is 0 Å². The Morgan fingerprint density at radius 2 is 1.82 bits per heavy atom. The Morgan fingerprint density at radius 1 is 1.14 bits per heavy atom. The second-order valence-corrected chi connectivity index (χ2v) is 5.94. The third kappa shape index (κ3) is 3.40. The molecule has 7 heteroatoms. The van der Waals surface area contributed by atoms with Crippen molar-refractivity contribution in [2.75, 3.05) is 43.0 Å². The number of urea groups is 1. The average Bonchev–Trinajstić information content (AvgIpc) is 3.10. The first-order valence-corrected chi connectivity index (χ1v) is 8.06. The van der Waals surface area contributed by atoms with Crippen molar-refractivity contribution in [2.24, 2.45) is 0 Å². The van der Waals surface area contributed by atoms with Crippen LogP contribution in [-0.2, 0) is 0 Å². The van der Waals surface area contributed by atoms with E-state index in [1.165, 1.54) is 12.8 Å². The molecule has 0 bridgehead atoms. The minimum Gasteiger partial charge on any atom is -0.356 e. The Bertz CT molecular complexity index is 517. The second-order valence-electron chi connectivity index (χ2n) is 5.94. The summed E-state index contributed by atoms with van der Waals surface area (Å²) >= 11 is 0. The van der Waals surface area contributed by atoms with Crippen molar-refractivity contribution < 1.29 is 4.79 Å². The molecule has 0 saturated carbocycles. The van der Waals surface area contributed by atoms with Crippen LogP contribution >= 0.6 is 0 Å². The molecule has 2 saturated heterocycles. The van der Waals surface area contributed by atoms with E-state index in [4.69, 9.17) is 0 Å². The molecule has 2 N–H and O–H groups in total. The summed E-state index contributed by atoms with van der Waals surface area (Å²) < 4.78 is 0. The second kappa shape index (κ2) is 6.81. The van der Waals surface area contributed by atoms with Gasteiger partial charge in [-0.25, -0.2) is 14.8 Å². The summed E-state index contributed by atoms with van der Waals surface area (Å²) in [6.07, 6.45) is 6.19. The minimum absolute atomic E-state index is 0.118. The van der Waals surface area contributed by atoms with E-state index in [1.807, 2.05) is 0 Å². The highest BCUT2D eigenvalue weighted by molar-refractivity contribution is 5.73. The van der Waals surface area contributed by atoms with Crippen molar-refractivity contribution >= 4 is 17.7 Å². The van der Waals surface area contributed by atoms with Crippen LogP contribution in [0.4, 0.5) is 16.4 Å². The van der Waals surface area contributed by atoms with Crippen molar-refractivity contribution in [1.29, 1.82) is 0 Å². The predicted octanol–water partition coefficient (Wildman–Crippen LogP) is 0.975. The predicted molar refractivity (Wildman–Crippen MR) is 86.3 cm³/mol. The highest BCUT2D eigenvalue weighted by Gasteiger charge is 2.23. The van der Waals surface area contributed by atoms with Crippen LogP contribution in [0.25, 0.3) is 0 Å². The standard InChI is InChI=1S/C15H24N6O/c1-16-15(22)19-12-5-4-8-21(10-12)14-9-13(17-11-18-14)20-6-2-3-7-20/h9,11-12H,2-8,10H2,1H3,(H2,16,19,22)/t12-/m1/s1. The lowest BCUT2D eigenvalue weighted by Crippen LogP contribution is -2.50. The Balaban J connectivity index is 1.67. The minimum atomic E-state index is -0.118. The van der Waals surface area contributed by atoms with Crippen molar-refractivity contribution in [3.63, 3.8) is 0 Å². The lowest BCUT2D eigenvalue weighted by molar-refractivity contribution is 0.237. The van der Waals surface area contributed by atoms with E-state index in [2.05, 4.69) is 36.5 Å². The molecule has 3 rings (SSSR count). The molecule has 22 heavy (non-hydrogen) atoms. The van der Waals surface area contributed by atoms with Gasteiger partial charge in [0.25, 0.3) is 0 Å². The number of anilines is 2. The van der Waals surface area contributed by atoms with Crippen molar-refractivity contribution in [3.05, 3.63) is 12.4 Å². The molecule has 0 spiro atoms. The number of carbonyl (C=O) groups is 1. The molecule has 0 aromatic carbocycles. The normalized spacial score (nSPS) is 21.8. The molecular formula is C15H24N6O. The summed E-state index contributed by atoms with van der Waals surface area (Å²) in [5.41, 5.74) is 0. The molecule has 2 amide bonds. The van der Waals surface area contributed by atoms with E-state index in [1.54, 1.807) is 13.4 Å². The van der Waals surface area contributed by atoms with Crippen molar-refractivity contribution in [2.45, 2.75) is 31.7 Å². The topological polar surface area (TPSA) is 73.4 Å². The van der Waals surface area contributed by atoms with Gasteiger partial charge in [0.2, 0.25) is 0 Å². The van der Waals surface area contributed by atoms with Crippen molar-refractivity contribution in [3.8, 4) is 0 Å². The van der Waals surface area contributed by atoms with Gasteiger partial charge in [-0.05, 0) is 25.7 Å². The molecule has 1 aromatic rings. The van der Waals surface area contributed by atoms with Crippen LogP contribution in [0, 0.1) is 0 Å². The zero-order valence-corrected chi connectivity index (χ0v) is 13.1. The Hall–Kier alpha value is -2.05. The molecule has 0 unspecified atom stereocenters. The quantitative estimate of drug-likeness (QED) is 0.870. The van der Waals surface area contributed by atoms with Crippen LogP contribution in [0.3, 0.4) is 0 Å². The van der Waals surface area contributed by atoms with Gasteiger partial charge < -0.3 is 20.4 Å². The molecule has 0 aliphatic carbocycles. The fraction of sp³-hybridized carbons (Fsp3) is 0.667. The fourth-order valence-corrected chi connectivity index (χ4v) is 3.19. The maximum Gasteiger partial charge on any atom is 0.314 e. The lowest BCUT2D eigenvalue weighted by atomic mass is 10.1. The summed E-state index contributed by atoms with van der Waals surface area (Å²) in [5, 5.41) is 5.60. The molecule has 3 heterocycles. The molecule has 7 nitrogen and oxygen atoms in total. The van der Waals surface area contributed by atoms with Gasteiger partial charge in [-0.15, -0.1) is 0 Å². The molecule has 120 valence electrons. The number of carbonyl (C=O) groups excluding carboxylic acids is 1. The molecule has 2 aliphatic heterocycles. The van der Waals surface area contributed by atoms with E-state index in [0.717, 1.165) is 50.7 Å². The monoisotopic (exact) mass is 304 g/mol. The zero-order valence-electron chi connectivity index (χ0n) is 13.1. The summed E-state index contributed by atoms with van der Waals surface area (Å²) in [5.74, 6) is 1.98. The van der Waals surface area contributed by atoms with Crippen LogP contribution in [0.15, 0.2) is 12.4 Å². The SMILES string of the molecule is CNC(=O)N[C@@H]1CCCN(c2cc(N3CCCC3)ncn2)C1. The van der Waals surface area contributed by atoms with Gasteiger partial charge in [0, 0.05) is 45.3 Å². The molecule has 2 fully saturated rings. The third-order valence-electron chi connectivity index (χ3n) is 4.38. The number of rotatable bonds is 3. The van der Waals surface area contributed by atoms with Gasteiger partial charge in [-0.3, -0.25) is 0 Å². The Labute approximate surface area is 131 Å². The van der Waals surface area contributed by atoms with Gasteiger partial charge in [0.1, 0.15) is 18.0 Å². The van der Waals surface area contributed by atoms with Crippen molar-refractivity contribution in [1.82, 2.24) is 20.6 Å². The number of aromatic nitrogens is 2. The van der Waals surface area contributed by atoms with Gasteiger partial charge in [0.05, 0.1) is 0 Å². The number of hydrogen-bond donors (Lipinski definition) is 2. The first kappa shape index (κ1) is 14.9. The van der Waals surface area contributed by atoms with E-state index >= 15 is 0 Å². The first-order chi connectivity index (χ1) is 10.8. The number of nitrogens with zero attached hydrogens (tertiary/aromatic N) is 4. The maximum atomic E-state index is 11.5. The Morgan fingerprint density at radius 3 is 2.55 bits per heavy atom. The summed E-state index contributed by atoms with van der Waals surface area (Å²) in [7, 11) is 1.64. The largest absolute Gasteiger partial charge is 0.356 e. The van der Waals surface area contributed by atoms with Crippen LogP contribution in [0.2, 0.25) is 0 Å². The maximum absolute atomic E-state index is 11.5. The number of piperidine rings is 1.